The number of aromatic hydroxyl groups is 1. The van der Waals surface area contributed by atoms with E-state index in [0.717, 1.165) is 5.56 Å². The second kappa shape index (κ2) is 3.26. The van der Waals surface area contributed by atoms with Crippen molar-refractivity contribution in [2.45, 2.75) is 19.8 Å². The van der Waals surface area contributed by atoms with Gasteiger partial charge in [0.1, 0.15) is 5.75 Å². The molecule has 2 heteroatoms. The fourth-order valence-corrected chi connectivity index (χ4v) is 1.28. The lowest BCUT2D eigenvalue weighted by atomic mass is 10.0. The molecule has 59 valence electrons. The minimum atomic E-state index is 0.332. The lowest BCUT2D eigenvalue weighted by molar-refractivity contribution is 0.461. The molecule has 0 aromatic heterocycles. The van der Waals surface area contributed by atoms with Crippen LogP contribution in [0.1, 0.15) is 25.3 Å². The zero-order valence-corrected chi connectivity index (χ0v) is 8.14. The average Bonchev–Trinajstić information content (AvgIpc) is 1.94. The van der Waals surface area contributed by atoms with E-state index in [0.29, 0.717) is 16.1 Å². The Balaban J connectivity index is 3.17. The maximum Gasteiger partial charge on any atom is 0.133 e. The summed E-state index contributed by atoms with van der Waals surface area (Å²) < 4.78 is 0.712. The van der Waals surface area contributed by atoms with Gasteiger partial charge >= 0.3 is 0 Å². The maximum atomic E-state index is 9.50. The first-order chi connectivity index (χ1) is 5.13. The molecule has 0 saturated heterocycles. The zero-order valence-electron chi connectivity index (χ0n) is 6.56. The Morgan fingerprint density at radius 2 is 2.09 bits per heavy atom. The molecule has 1 radical (unpaired) electrons. The molecule has 0 amide bonds. The van der Waals surface area contributed by atoms with Crippen LogP contribution < -0.4 is 0 Å². The Hall–Kier alpha value is -0.500. The highest BCUT2D eigenvalue weighted by Crippen LogP contribution is 2.31. The summed E-state index contributed by atoms with van der Waals surface area (Å²) >= 11 is 3.23. The molecule has 1 N–H and O–H groups in total. The van der Waals surface area contributed by atoms with Crippen LogP contribution in [-0.4, -0.2) is 5.11 Å². The van der Waals surface area contributed by atoms with Crippen LogP contribution in [-0.2, 0) is 0 Å². The molecule has 1 aromatic rings. The molecule has 1 aromatic carbocycles. The van der Waals surface area contributed by atoms with Gasteiger partial charge in [-0.1, -0.05) is 13.8 Å². The van der Waals surface area contributed by atoms with E-state index in [4.69, 9.17) is 0 Å². The molecule has 1 nitrogen and oxygen atoms in total. The molecule has 0 aliphatic carbocycles. The highest BCUT2D eigenvalue weighted by molar-refractivity contribution is 9.10. The van der Waals surface area contributed by atoms with E-state index in [9.17, 15) is 5.11 Å². The van der Waals surface area contributed by atoms with Crippen molar-refractivity contribution in [2.24, 2.45) is 0 Å². The second-order valence-corrected chi connectivity index (χ2v) is 3.62. The molecule has 1 rings (SSSR count). The van der Waals surface area contributed by atoms with Crippen LogP contribution in [0.2, 0.25) is 0 Å². The summed E-state index contributed by atoms with van der Waals surface area (Å²) in [6, 6.07) is 6.46. The van der Waals surface area contributed by atoms with Crippen LogP contribution in [0.5, 0.6) is 5.75 Å². The van der Waals surface area contributed by atoms with Crippen molar-refractivity contribution in [3.05, 3.63) is 28.2 Å². The highest BCUT2D eigenvalue weighted by atomic mass is 79.9. The van der Waals surface area contributed by atoms with E-state index in [-0.39, 0.29) is 0 Å². The number of benzene rings is 1. The van der Waals surface area contributed by atoms with Crippen LogP contribution >= 0.6 is 15.9 Å². The number of halogens is 1. The molecule has 0 saturated carbocycles. The number of hydrogen-bond acceptors (Lipinski definition) is 1. The SMILES string of the molecule is CC(C)c1c[c]cc(Br)c1O. The summed E-state index contributed by atoms with van der Waals surface area (Å²) in [4.78, 5) is 0. The summed E-state index contributed by atoms with van der Waals surface area (Å²) in [7, 11) is 0. The van der Waals surface area contributed by atoms with Gasteiger partial charge in [0.05, 0.1) is 4.47 Å². The van der Waals surface area contributed by atoms with Crippen molar-refractivity contribution in [1.82, 2.24) is 0 Å². The third-order valence-electron chi connectivity index (χ3n) is 1.57. The Labute approximate surface area is 75.2 Å². The van der Waals surface area contributed by atoms with Crippen molar-refractivity contribution in [3.63, 3.8) is 0 Å². The van der Waals surface area contributed by atoms with Gasteiger partial charge in [0, 0.05) is 0 Å². The zero-order chi connectivity index (χ0) is 8.43. The van der Waals surface area contributed by atoms with Gasteiger partial charge in [-0.25, -0.2) is 0 Å². The fourth-order valence-electron chi connectivity index (χ4n) is 0.919. The third-order valence-corrected chi connectivity index (χ3v) is 2.18. The number of phenolic OH excluding ortho intramolecular Hbond substituents is 1. The Morgan fingerprint density at radius 3 is 2.55 bits per heavy atom. The predicted octanol–water partition coefficient (Wildman–Crippen LogP) is 3.08. The van der Waals surface area contributed by atoms with Crippen LogP contribution in [0, 0.1) is 6.07 Å². The van der Waals surface area contributed by atoms with Crippen LogP contribution in [0.15, 0.2) is 16.6 Å². The van der Waals surface area contributed by atoms with E-state index in [2.05, 4.69) is 22.0 Å². The Kier molecular flexibility index (Phi) is 2.55. The van der Waals surface area contributed by atoms with Gasteiger partial charge in [0.25, 0.3) is 0 Å². The van der Waals surface area contributed by atoms with Gasteiger partial charge < -0.3 is 5.11 Å². The van der Waals surface area contributed by atoms with Crippen molar-refractivity contribution in [1.29, 1.82) is 0 Å². The maximum absolute atomic E-state index is 9.50. The van der Waals surface area contributed by atoms with Crippen molar-refractivity contribution < 1.29 is 5.11 Å². The number of rotatable bonds is 1. The van der Waals surface area contributed by atoms with E-state index in [1.54, 1.807) is 6.07 Å². The molecule has 0 aliphatic rings. The van der Waals surface area contributed by atoms with Crippen molar-refractivity contribution in [2.75, 3.05) is 0 Å². The minimum Gasteiger partial charge on any atom is -0.506 e. The minimum absolute atomic E-state index is 0.332. The molecule has 0 fully saturated rings. The van der Waals surface area contributed by atoms with Crippen LogP contribution in [0.4, 0.5) is 0 Å². The third kappa shape index (κ3) is 1.74. The second-order valence-electron chi connectivity index (χ2n) is 2.76. The predicted molar refractivity (Wildman–Crippen MR) is 48.7 cm³/mol. The standard InChI is InChI=1S/C9H10BrO/c1-6(2)7-4-3-5-8(10)9(7)11/h4-6,11H,1-2H3. The summed E-state index contributed by atoms with van der Waals surface area (Å²) in [5.41, 5.74) is 0.930. The molecule has 0 atom stereocenters. The Bertz CT molecular complexity index is 256. The van der Waals surface area contributed by atoms with E-state index in [1.165, 1.54) is 0 Å². The van der Waals surface area contributed by atoms with Crippen LogP contribution in [0.3, 0.4) is 0 Å². The largest absolute Gasteiger partial charge is 0.506 e. The molecular weight excluding hydrogens is 204 g/mol. The lowest BCUT2D eigenvalue weighted by Crippen LogP contribution is -1.87. The number of hydrogen-bond donors (Lipinski definition) is 1. The van der Waals surface area contributed by atoms with Gasteiger partial charge in [-0.15, -0.1) is 0 Å². The van der Waals surface area contributed by atoms with Crippen molar-refractivity contribution in [3.8, 4) is 5.75 Å². The molecule has 0 heterocycles. The van der Waals surface area contributed by atoms with E-state index < -0.39 is 0 Å². The lowest BCUT2D eigenvalue weighted by Gasteiger charge is -2.07. The average molecular weight is 214 g/mol. The topological polar surface area (TPSA) is 20.2 Å². The first-order valence-corrected chi connectivity index (χ1v) is 4.30. The van der Waals surface area contributed by atoms with E-state index >= 15 is 0 Å². The van der Waals surface area contributed by atoms with E-state index in [1.807, 2.05) is 19.9 Å². The molecule has 11 heavy (non-hydrogen) atoms. The highest BCUT2D eigenvalue weighted by Gasteiger charge is 2.07. The monoisotopic (exact) mass is 213 g/mol. The molecular formula is C9H10BrO. The van der Waals surface area contributed by atoms with Gasteiger partial charge in [0.15, 0.2) is 0 Å². The molecule has 0 spiro atoms. The quantitative estimate of drug-likeness (QED) is 0.761. The van der Waals surface area contributed by atoms with Gasteiger partial charge in [-0.05, 0) is 45.6 Å². The summed E-state index contributed by atoms with van der Waals surface area (Å²) in [6.45, 7) is 4.07. The van der Waals surface area contributed by atoms with Crippen LogP contribution in [0.25, 0.3) is 0 Å². The summed E-state index contributed by atoms with van der Waals surface area (Å²) in [6.07, 6.45) is 0. The summed E-state index contributed by atoms with van der Waals surface area (Å²) in [5.74, 6) is 0.669. The van der Waals surface area contributed by atoms with Gasteiger partial charge in [-0.3, -0.25) is 0 Å². The normalized spacial score (nSPS) is 10.5. The van der Waals surface area contributed by atoms with Crippen molar-refractivity contribution >= 4 is 15.9 Å². The first-order valence-electron chi connectivity index (χ1n) is 3.51. The van der Waals surface area contributed by atoms with Gasteiger partial charge in [-0.2, -0.15) is 0 Å². The first kappa shape index (κ1) is 8.60. The summed E-state index contributed by atoms with van der Waals surface area (Å²) in [5, 5.41) is 9.50. The van der Waals surface area contributed by atoms with Gasteiger partial charge in [0.2, 0.25) is 0 Å². The fraction of sp³-hybridized carbons (Fsp3) is 0.333. The smallest absolute Gasteiger partial charge is 0.133 e. The Morgan fingerprint density at radius 1 is 1.45 bits per heavy atom. The molecule has 0 aliphatic heterocycles. The molecule has 0 unspecified atom stereocenters. The number of phenols is 1. The molecule has 0 bridgehead atoms.